The SMILES string of the molecule is CCOC(=O)C1=C(c2ccccc2)N=c2s/c(=C/c3ccccc3OCc3ccc(Cl)cc3)c(=O)n2[C@@H]1c1ccccc1. The van der Waals surface area contributed by atoms with E-state index in [2.05, 4.69) is 0 Å². The maximum absolute atomic E-state index is 14.1. The number of thiazole rings is 1. The summed E-state index contributed by atoms with van der Waals surface area (Å²) in [5.74, 6) is 0.134. The van der Waals surface area contributed by atoms with E-state index in [0.29, 0.717) is 38.0 Å². The number of rotatable bonds is 8. The second-order valence-corrected chi connectivity index (χ2v) is 11.2. The Labute approximate surface area is 257 Å². The van der Waals surface area contributed by atoms with Gasteiger partial charge in [-0.1, -0.05) is 114 Å². The molecule has 6 rings (SSSR count). The third kappa shape index (κ3) is 5.95. The number of hydrogen-bond donors (Lipinski definition) is 0. The van der Waals surface area contributed by atoms with Gasteiger partial charge >= 0.3 is 5.97 Å². The van der Waals surface area contributed by atoms with Crippen LogP contribution in [0.2, 0.25) is 5.02 Å². The monoisotopic (exact) mass is 606 g/mol. The van der Waals surface area contributed by atoms with Gasteiger partial charge in [0.2, 0.25) is 0 Å². The van der Waals surface area contributed by atoms with Gasteiger partial charge in [-0.05, 0) is 42.3 Å². The van der Waals surface area contributed by atoms with Crippen LogP contribution in [0.1, 0.15) is 35.2 Å². The van der Waals surface area contributed by atoms with Crippen LogP contribution in [-0.4, -0.2) is 17.1 Å². The second-order valence-electron chi connectivity index (χ2n) is 9.80. The van der Waals surface area contributed by atoms with Gasteiger partial charge in [-0.3, -0.25) is 9.36 Å². The number of halogens is 1. The van der Waals surface area contributed by atoms with Crippen LogP contribution in [0.15, 0.2) is 125 Å². The third-order valence-corrected chi connectivity index (χ3v) is 8.24. The third-order valence-electron chi connectivity index (χ3n) is 7.00. The molecular formula is C35H27ClN2O4S. The zero-order valence-electron chi connectivity index (χ0n) is 23.3. The number of carbonyl (C=O) groups is 1. The standard InChI is InChI=1S/C35H27ClN2O4S/c1-2-41-34(40)30-31(24-11-5-3-6-12-24)37-35-38(32(30)25-13-7-4-8-14-25)33(39)29(43-35)21-26-15-9-10-16-28(26)42-22-23-17-19-27(36)20-18-23/h3-21,32H,2,22H2,1H3/b29-21+/t32-/m1/s1. The predicted octanol–water partition coefficient (Wildman–Crippen LogP) is 6.17. The Morgan fingerprint density at radius 2 is 1.60 bits per heavy atom. The number of ether oxygens (including phenoxy) is 2. The van der Waals surface area contributed by atoms with Crippen molar-refractivity contribution in [3.63, 3.8) is 0 Å². The van der Waals surface area contributed by atoms with Gasteiger partial charge in [-0.2, -0.15) is 0 Å². The summed E-state index contributed by atoms with van der Waals surface area (Å²) in [4.78, 5) is 33.1. The first-order valence-electron chi connectivity index (χ1n) is 13.8. The van der Waals surface area contributed by atoms with Crippen LogP contribution in [0.25, 0.3) is 11.8 Å². The summed E-state index contributed by atoms with van der Waals surface area (Å²) in [6.07, 6.45) is 1.82. The van der Waals surface area contributed by atoms with E-state index >= 15 is 0 Å². The van der Waals surface area contributed by atoms with Gasteiger partial charge in [0.25, 0.3) is 5.56 Å². The number of nitrogens with zero attached hydrogens (tertiary/aromatic N) is 2. The van der Waals surface area contributed by atoms with Crippen molar-refractivity contribution in [1.82, 2.24) is 4.57 Å². The summed E-state index contributed by atoms with van der Waals surface area (Å²) >= 11 is 7.30. The van der Waals surface area contributed by atoms with Crippen molar-refractivity contribution < 1.29 is 14.3 Å². The van der Waals surface area contributed by atoms with Gasteiger partial charge in [0.1, 0.15) is 12.4 Å². The lowest BCUT2D eigenvalue weighted by atomic mass is 9.93. The van der Waals surface area contributed by atoms with Crippen LogP contribution in [-0.2, 0) is 16.1 Å². The van der Waals surface area contributed by atoms with E-state index < -0.39 is 12.0 Å². The molecule has 214 valence electrons. The normalized spacial score (nSPS) is 14.7. The van der Waals surface area contributed by atoms with Crippen LogP contribution < -0.4 is 19.6 Å². The fourth-order valence-electron chi connectivity index (χ4n) is 5.01. The molecular weight excluding hydrogens is 580 g/mol. The Balaban J connectivity index is 1.51. The molecule has 5 aromatic rings. The molecule has 0 N–H and O–H groups in total. The van der Waals surface area contributed by atoms with E-state index in [1.165, 1.54) is 11.3 Å². The number of hydrogen-bond acceptors (Lipinski definition) is 6. The van der Waals surface area contributed by atoms with E-state index in [9.17, 15) is 9.59 Å². The highest BCUT2D eigenvalue weighted by Gasteiger charge is 2.35. The summed E-state index contributed by atoms with van der Waals surface area (Å²) in [6.45, 7) is 2.31. The number of benzene rings is 4. The summed E-state index contributed by atoms with van der Waals surface area (Å²) in [6, 6.07) is 33.4. The van der Waals surface area contributed by atoms with Crippen molar-refractivity contribution in [2.24, 2.45) is 4.99 Å². The highest BCUT2D eigenvalue weighted by atomic mass is 35.5. The average Bonchev–Trinajstić information content (AvgIpc) is 3.35. The Bertz CT molecular complexity index is 1980. The lowest BCUT2D eigenvalue weighted by Crippen LogP contribution is -2.40. The first-order chi connectivity index (χ1) is 21.0. The van der Waals surface area contributed by atoms with Gasteiger partial charge in [0.05, 0.1) is 28.5 Å². The van der Waals surface area contributed by atoms with Crippen LogP contribution in [0.5, 0.6) is 5.75 Å². The molecule has 1 aromatic heterocycles. The largest absolute Gasteiger partial charge is 0.488 e. The fourth-order valence-corrected chi connectivity index (χ4v) is 6.12. The number of fused-ring (bicyclic) bond motifs is 1. The molecule has 43 heavy (non-hydrogen) atoms. The molecule has 1 aliphatic heterocycles. The van der Waals surface area contributed by atoms with E-state index in [1.807, 2.05) is 115 Å². The van der Waals surface area contributed by atoms with Crippen molar-refractivity contribution >= 4 is 40.7 Å². The van der Waals surface area contributed by atoms with Crippen molar-refractivity contribution in [2.75, 3.05) is 6.61 Å². The molecule has 1 aliphatic rings. The molecule has 0 aliphatic carbocycles. The first kappa shape index (κ1) is 28.4. The lowest BCUT2D eigenvalue weighted by molar-refractivity contribution is -0.138. The van der Waals surface area contributed by atoms with Gasteiger partial charge in [-0.15, -0.1) is 0 Å². The molecule has 0 spiro atoms. The Kier molecular flexibility index (Phi) is 8.36. The van der Waals surface area contributed by atoms with Crippen LogP contribution in [0.4, 0.5) is 0 Å². The summed E-state index contributed by atoms with van der Waals surface area (Å²) in [5.41, 5.74) is 3.85. The topological polar surface area (TPSA) is 69.9 Å². The molecule has 0 fully saturated rings. The summed E-state index contributed by atoms with van der Waals surface area (Å²) < 4.78 is 13.7. The van der Waals surface area contributed by atoms with E-state index in [1.54, 1.807) is 11.5 Å². The minimum atomic E-state index is -0.717. The van der Waals surface area contributed by atoms with Crippen molar-refractivity contribution in [2.45, 2.75) is 19.6 Å². The number of aromatic nitrogens is 1. The zero-order chi connectivity index (χ0) is 29.8. The van der Waals surface area contributed by atoms with Crippen LogP contribution in [0, 0.1) is 0 Å². The molecule has 8 heteroatoms. The van der Waals surface area contributed by atoms with Gasteiger partial charge in [0.15, 0.2) is 4.80 Å². The fraction of sp³-hybridized carbons (Fsp3) is 0.114. The molecule has 1 atom stereocenters. The average molecular weight is 607 g/mol. The molecule has 4 aromatic carbocycles. The quantitative estimate of drug-likeness (QED) is 0.198. The highest BCUT2D eigenvalue weighted by Crippen LogP contribution is 2.35. The summed E-state index contributed by atoms with van der Waals surface area (Å²) in [7, 11) is 0. The van der Waals surface area contributed by atoms with Gasteiger partial charge < -0.3 is 9.47 Å². The van der Waals surface area contributed by atoms with Crippen molar-refractivity contribution in [3.8, 4) is 5.75 Å². The smallest absolute Gasteiger partial charge is 0.338 e. The predicted molar refractivity (Wildman–Crippen MR) is 170 cm³/mol. The molecule has 2 heterocycles. The molecule has 0 bridgehead atoms. The summed E-state index contributed by atoms with van der Waals surface area (Å²) in [5, 5.41) is 0.662. The molecule has 0 saturated heterocycles. The maximum atomic E-state index is 14.1. The highest BCUT2D eigenvalue weighted by molar-refractivity contribution is 7.07. The molecule has 0 amide bonds. The minimum Gasteiger partial charge on any atom is -0.488 e. The number of esters is 1. The van der Waals surface area contributed by atoms with Gasteiger partial charge in [0, 0.05) is 16.1 Å². The van der Waals surface area contributed by atoms with Crippen LogP contribution in [0.3, 0.4) is 0 Å². The molecule has 0 unspecified atom stereocenters. The molecule has 6 nitrogen and oxygen atoms in total. The Hall–Kier alpha value is -4.72. The first-order valence-corrected chi connectivity index (χ1v) is 15.0. The van der Waals surface area contributed by atoms with Gasteiger partial charge in [-0.25, -0.2) is 9.79 Å². The van der Waals surface area contributed by atoms with E-state index in [0.717, 1.165) is 22.3 Å². The number of para-hydroxylation sites is 1. The second kappa shape index (κ2) is 12.7. The minimum absolute atomic E-state index is 0.198. The van der Waals surface area contributed by atoms with E-state index in [4.69, 9.17) is 26.1 Å². The van der Waals surface area contributed by atoms with E-state index in [-0.39, 0.29) is 12.2 Å². The molecule has 0 radical (unpaired) electrons. The molecule has 0 saturated carbocycles. The van der Waals surface area contributed by atoms with Crippen molar-refractivity contribution in [1.29, 1.82) is 0 Å². The number of carbonyl (C=O) groups excluding carboxylic acids is 1. The Morgan fingerprint density at radius 1 is 0.930 bits per heavy atom. The zero-order valence-corrected chi connectivity index (χ0v) is 24.8. The van der Waals surface area contributed by atoms with Crippen LogP contribution >= 0.6 is 22.9 Å². The Morgan fingerprint density at radius 3 is 2.33 bits per heavy atom. The van der Waals surface area contributed by atoms with Crippen molar-refractivity contribution in [3.05, 3.63) is 162 Å². The lowest BCUT2D eigenvalue weighted by Gasteiger charge is -2.25. The maximum Gasteiger partial charge on any atom is 0.338 e.